The van der Waals surface area contributed by atoms with E-state index in [4.69, 9.17) is 10.8 Å². The lowest BCUT2D eigenvalue weighted by atomic mass is 10.2. The first-order valence-electron chi connectivity index (χ1n) is 5.74. The molecule has 0 unspecified atom stereocenters. The van der Waals surface area contributed by atoms with E-state index in [0.29, 0.717) is 11.4 Å². The summed E-state index contributed by atoms with van der Waals surface area (Å²) >= 11 is 0. The van der Waals surface area contributed by atoms with Crippen LogP contribution >= 0.6 is 0 Å². The summed E-state index contributed by atoms with van der Waals surface area (Å²) in [6.07, 6.45) is 2.77. The molecule has 7 heteroatoms. The van der Waals surface area contributed by atoms with Crippen LogP contribution in [0.25, 0.3) is 0 Å². The van der Waals surface area contributed by atoms with Gasteiger partial charge >= 0.3 is 5.97 Å². The maximum absolute atomic E-state index is 11.8. The van der Waals surface area contributed by atoms with E-state index in [1.165, 1.54) is 30.6 Å². The average Bonchev–Trinajstić information content (AvgIpc) is 2.46. The third-order valence-corrected chi connectivity index (χ3v) is 2.51. The van der Waals surface area contributed by atoms with Crippen molar-refractivity contribution >= 4 is 17.6 Å². The van der Waals surface area contributed by atoms with Crippen LogP contribution in [-0.2, 0) is 6.54 Å². The van der Waals surface area contributed by atoms with Crippen molar-refractivity contribution in [3.05, 3.63) is 53.6 Å². The molecule has 7 nitrogen and oxygen atoms in total. The summed E-state index contributed by atoms with van der Waals surface area (Å²) in [5, 5.41) is 11.5. The number of anilines is 1. The molecule has 102 valence electrons. The Bertz CT molecular complexity index is 640. The molecule has 4 N–H and O–H groups in total. The number of pyridine rings is 2. The summed E-state index contributed by atoms with van der Waals surface area (Å²) in [6, 6.07) is 5.87. The van der Waals surface area contributed by atoms with Crippen molar-refractivity contribution in [2.45, 2.75) is 6.54 Å². The van der Waals surface area contributed by atoms with Gasteiger partial charge < -0.3 is 16.2 Å². The number of nitrogen functional groups attached to an aromatic ring is 1. The molecule has 0 saturated carbocycles. The van der Waals surface area contributed by atoms with Crippen LogP contribution in [-0.4, -0.2) is 27.0 Å². The third kappa shape index (κ3) is 3.29. The van der Waals surface area contributed by atoms with Crippen LogP contribution in [0.15, 0.2) is 36.7 Å². The SMILES string of the molecule is Nc1ccc(C(=O)NCc2cc(C(=O)O)ccn2)nc1. The summed E-state index contributed by atoms with van der Waals surface area (Å²) in [7, 11) is 0. The molecule has 0 aliphatic carbocycles. The largest absolute Gasteiger partial charge is 0.478 e. The van der Waals surface area contributed by atoms with E-state index in [1.54, 1.807) is 6.07 Å². The lowest BCUT2D eigenvalue weighted by Crippen LogP contribution is -2.24. The summed E-state index contributed by atoms with van der Waals surface area (Å²) in [4.78, 5) is 30.5. The number of amides is 1. The van der Waals surface area contributed by atoms with Crippen molar-refractivity contribution in [1.82, 2.24) is 15.3 Å². The van der Waals surface area contributed by atoms with Crippen molar-refractivity contribution in [3.63, 3.8) is 0 Å². The van der Waals surface area contributed by atoms with Gasteiger partial charge in [-0.3, -0.25) is 9.78 Å². The molecule has 0 spiro atoms. The Morgan fingerprint density at radius 3 is 2.70 bits per heavy atom. The highest BCUT2D eigenvalue weighted by Gasteiger charge is 2.08. The molecule has 2 rings (SSSR count). The van der Waals surface area contributed by atoms with Crippen molar-refractivity contribution in [2.24, 2.45) is 0 Å². The highest BCUT2D eigenvalue weighted by atomic mass is 16.4. The monoisotopic (exact) mass is 272 g/mol. The zero-order valence-electron chi connectivity index (χ0n) is 10.4. The molecule has 0 radical (unpaired) electrons. The van der Waals surface area contributed by atoms with Gasteiger partial charge in [0, 0.05) is 6.20 Å². The number of aromatic carboxylic acids is 1. The molecule has 1 amide bonds. The highest BCUT2D eigenvalue weighted by molar-refractivity contribution is 5.92. The molecule has 2 aromatic heterocycles. The van der Waals surface area contributed by atoms with Gasteiger partial charge in [0.25, 0.3) is 5.91 Å². The Hall–Kier alpha value is -2.96. The van der Waals surface area contributed by atoms with Crippen molar-refractivity contribution in [1.29, 1.82) is 0 Å². The number of nitrogens with two attached hydrogens (primary N) is 1. The second kappa shape index (κ2) is 5.79. The predicted octanol–water partition coefficient (Wildman–Crippen LogP) is 0.687. The molecular weight excluding hydrogens is 260 g/mol. The fourth-order valence-electron chi connectivity index (χ4n) is 1.51. The number of hydrogen-bond acceptors (Lipinski definition) is 5. The lowest BCUT2D eigenvalue weighted by molar-refractivity contribution is 0.0696. The van der Waals surface area contributed by atoms with Crippen LogP contribution in [0.2, 0.25) is 0 Å². The van der Waals surface area contributed by atoms with Crippen molar-refractivity contribution in [2.75, 3.05) is 5.73 Å². The molecular formula is C13H12N4O3. The minimum Gasteiger partial charge on any atom is -0.478 e. The molecule has 2 aromatic rings. The van der Waals surface area contributed by atoms with Gasteiger partial charge in [0.1, 0.15) is 5.69 Å². The first kappa shape index (κ1) is 13.5. The number of nitrogens with one attached hydrogen (secondary N) is 1. The van der Waals surface area contributed by atoms with Gasteiger partial charge in [-0.05, 0) is 24.3 Å². The van der Waals surface area contributed by atoms with Crippen LogP contribution in [0.3, 0.4) is 0 Å². The third-order valence-electron chi connectivity index (χ3n) is 2.51. The maximum Gasteiger partial charge on any atom is 0.335 e. The minimum absolute atomic E-state index is 0.117. The Kier molecular flexibility index (Phi) is 3.90. The van der Waals surface area contributed by atoms with E-state index in [1.807, 2.05) is 0 Å². The van der Waals surface area contributed by atoms with Gasteiger partial charge in [-0.1, -0.05) is 0 Å². The van der Waals surface area contributed by atoms with Gasteiger partial charge in [-0.2, -0.15) is 0 Å². The number of carbonyl (C=O) groups is 2. The summed E-state index contributed by atoms with van der Waals surface area (Å²) in [6.45, 7) is 0.117. The van der Waals surface area contributed by atoms with E-state index in [0.717, 1.165) is 0 Å². The van der Waals surface area contributed by atoms with Crippen LogP contribution < -0.4 is 11.1 Å². The van der Waals surface area contributed by atoms with Crippen LogP contribution in [0.5, 0.6) is 0 Å². The van der Waals surface area contributed by atoms with Gasteiger partial charge in [0.2, 0.25) is 0 Å². The van der Waals surface area contributed by atoms with Crippen LogP contribution in [0.4, 0.5) is 5.69 Å². The number of carboxylic acids is 1. The quantitative estimate of drug-likeness (QED) is 0.753. The van der Waals surface area contributed by atoms with E-state index in [-0.39, 0.29) is 23.7 Å². The van der Waals surface area contributed by atoms with E-state index in [9.17, 15) is 9.59 Å². The molecule has 0 saturated heterocycles. The van der Waals surface area contributed by atoms with E-state index >= 15 is 0 Å². The van der Waals surface area contributed by atoms with E-state index in [2.05, 4.69) is 15.3 Å². The zero-order valence-corrected chi connectivity index (χ0v) is 10.4. The van der Waals surface area contributed by atoms with Crippen molar-refractivity contribution in [3.8, 4) is 0 Å². The minimum atomic E-state index is -1.04. The summed E-state index contributed by atoms with van der Waals surface area (Å²) in [5.74, 6) is -1.42. The summed E-state index contributed by atoms with van der Waals surface area (Å²) in [5.41, 5.74) is 6.75. The second-order valence-electron chi connectivity index (χ2n) is 4.00. The van der Waals surface area contributed by atoms with Gasteiger partial charge in [0.15, 0.2) is 0 Å². The molecule has 0 bridgehead atoms. The smallest absolute Gasteiger partial charge is 0.335 e. The van der Waals surface area contributed by atoms with Gasteiger partial charge in [-0.25, -0.2) is 9.78 Å². The van der Waals surface area contributed by atoms with Crippen LogP contribution in [0.1, 0.15) is 26.5 Å². The number of hydrogen-bond donors (Lipinski definition) is 3. The lowest BCUT2D eigenvalue weighted by Gasteiger charge is -2.05. The highest BCUT2D eigenvalue weighted by Crippen LogP contribution is 2.03. The Morgan fingerprint density at radius 1 is 1.25 bits per heavy atom. The first-order valence-corrected chi connectivity index (χ1v) is 5.74. The number of nitrogens with zero attached hydrogens (tertiary/aromatic N) is 2. The Labute approximate surface area is 114 Å². The fourth-order valence-corrected chi connectivity index (χ4v) is 1.51. The molecule has 0 aromatic carbocycles. The molecule has 0 atom stereocenters. The zero-order chi connectivity index (χ0) is 14.5. The molecule has 0 aliphatic rings. The molecule has 0 fully saturated rings. The van der Waals surface area contributed by atoms with Crippen molar-refractivity contribution < 1.29 is 14.7 Å². The molecule has 2 heterocycles. The number of aromatic nitrogens is 2. The Balaban J connectivity index is 2.01. The maximum atomic E-state index is 11.8. The van der Waals surface area contributed by atoms with Gasteiger partial charge in [-0.15, -0.1) is 0 Å². The standard InChI is InChI=1S/C13H12N4O3/c14-9-1-2-11(16-6-9)12(18)17-7-10-5-8(13(19)20)3-4-15-10/h1-6H,7,14H2,(H,17,18)(H,19,20). The number of carbonyl (C=O) groups excluding carboxylic acids is 1. The van der Waals surface area contributed by atoms with Gasteiger partial charge in [0.05, 0.1) is 29.7 Å². The summed E-state index contributed by atoms with van der Waals surface area (Å²) < 4.78 is 0. The normalized spacial score (nSPS) is 10.0. The first-order chi connectivity index (χ1) is 9.56. The number of rotatable bonds is 4. The fraction of sp³-hybridized carbons (Fsp3) is 0.0769. The Morgan fingerprint density at radius 2 is 2.05 bits per heavy atom. The van der Waals surface area contributed by atoms with E-state index < -0.39 is 5.97 Å². The average molecular weight is 272 g/mol. The number of carboxylic acid groups (broad SMARTS) is 1. The molecule has 0 aliphatic heterocycles. The predicted molar refractivity (Wildman–Crippen MR) is 71.0 cm³/mol. The second-order valence-corrected chi connectivity index (χ2v) is 4.00. The topological polar surface area (TPSA) is 118 Å². The van der Waals surface area contributed by atoms with Crippen LogP contribution in [0, 0.1) is 0 Å². The molecule has 20 heavy (non-hydrogen) atoms.